The second kappa shape index (κ2) is 9.53. The average Bonchev–Trinajstić information content (AvgIpc) is 2.67. The molecule has 7 heteroatoms. The monoisotopic (exact) mass is 492 g/mol. The number of fused-ring (bicyclic) bond motifs is 3. The molecule has 0 aromatic rings. The van der Waals surface area contributed by atoms with Gasteiger partial charge in [0, 0.05) is 11.5 Å². The van der Waals surface area contributed by atoms with Crippen LogP contribution in [0.2, 0.25) is 0 Å². The minimum absolute atomic E-state index is 0.0207. The van der Waals surface area contributed by atoms with Crippen LogP contribution in [0, 0.1) is 34.0 Å². The highest BCUT2D eigenvalue weighted by molar-refractivity contribution is 5.90. The van der Waals surface area contributed by atoms with E-state index in [4.69, 9.17) is 14.9 Å². The summed E-state index contributed by atoms with van der Waals surface area (Å²) in [4.78, 5) is 34.2. The third kappa shape index (κ3) is 5.16. The van der Waals surface area contributed by atoms with Crippen LogP contribution in [0.15, 0.2) is 11.6 Å². The quantitative estimate of drug-likeness (QED) is 0.254. The fourth-order valence-electron chi connectivity index (χ4n) is 8.79. The minimum Gasteiger partial charge on any atom is -0.481 e. The van der Waals surface area contributed by atoms with Crippen LogP contribution in [0.3, 0.4) is 0 Å². The van der Waals surface area contributed by atoms with Gasteiger partial charge < -0.3 is 20.1 Å². The van der Waals surface area contributed by atoms with Crippen molar-refractivity contribution in [2.45, 2.75) is 111 Å². The molecule has 0 aromatic carbocycles. The van der Waals surface area contributed by atoms with Crippen molar-refractivity contribution in [2.75, 3.05) is 0 Å². The third-order valence-corrected chi connectivity index (χ3v) is 10.3. The maximum Gasteiger partial charge on any atom is 0.328 e. The van der Waals surface area contributed by atoms with Gasteiger partial charge in [-0.2, -0.15) is 0 Å². The van der Waals surface area contributed by atoms with Crippen molar-refractivity contribution in [3.63, 3.8) is 0 Å². The normalized spacial score (nSPS) is 40.8. The molecule has 3 saturated carbocycles. The van der Waals surface area contributed by atoms with E-state index in [-0.39, 0.29) is 28.3 Å². The maximum atomic E-state index is 12.2. The van der Waals surface area contributed by atoms with Gasteiger partial charge in [0.2, 0.25) is 0 Å². The highest BCUT2D eigenvalue weighted by atomic mass is 16.5. The summed E-state index contributed by atoms with van der Waals surface area (Å²) in [5.74, 6) is -1.98. The van der Waals surface area contributed by atoms with Crippen molar-refractivity contribution in [3.8, 4) is 0 Å². The average molecular weight is 493 g/mol. The third-order valence-electron chi connectivity index (χ3n) is 10.3. The first-order valence-electron chi connectivity index (χ1n) is 13.1. The Morgan fingerprint density at radius 1 is 0.914 bits per heavy atom. The Kier molecular flexibility index (Phi) is 7.54. The van der Waals surface area contributed by atoms with Gasteiger partial charge >= 0.3 is 17.9 Å². The lowest BCUT2D eigenvalue weighted by atomic mass is 9.37. The van der Waals surface area contributed by atoms with Gasteiger partial charge in [0.15, 0.2) is 0 Å². The Bertz CT molecular complexity index is 888. The summed E-state index contributed by atoms with van der Waals surface area (Å²) in [6.45, 7) is 12.8. The maximum absolute atomic E-state index is 12.2. The van der Waals surface area contributed by atoms with Crippen molar-refractivity contribution >= 4 is 17.9 Å². The largest absolute Gasteiger partial charge is 0.481 e. The SMILES string of the molecule is C/C(=C/C(=O)O)CC[C@@H]1[C@@](C)(O)CCC2[C@@]3(C)CC[C@@H](OC(=O)CC(=O)O)C(C)(C)C3CC[C@]21C. The zero-order chi connectivity index (χ0) is 26.4. The number of hydrogen-bond acceptors (Lipinski definition) is 5. The molecule has 35 heavy (non-hydrogen) atoms. The van der Waals surface area contributed by atoms with Crippen molar-refractivity contribution in [3.05, 3.63) is 11.6 Å². The summed E-state index contributed by atoms with van der Waals surface area (Å²) in [5, 5.41) is 29.6. The Morgan fingerprint density at radius 3 is 2.11 bits per heavy atom. The van der Waals surface area contributed by atoms with Crippen molar-refractivity contribution < 1.29 is 34.4 Å². The number of esters is 1. The van der Waals surface area contributed by atoms with Crippen LogP contribution in [0.1, 0.15) is 99.3 Å². The molecule has 3 rings (SSSR count). The van der Waals surface area contributed by atoms with Crippen molar-refractivity contribution in [2.24, 2.45) is 34.0 Å². The van der Waals surface area contributed by atoms with Crippen LogP contribution in [0.25, 0.3) is 0 Å². The smallest absolute Gasteiger partial charge is 0.328 e. The summed E-state index contributed by atoms with van der Waals surface area (Å²) in [5.41, 5.74) is -0.300. The lowest BCUT2D eigenvalue weighted by molar-refractivity contribution is -0.231. The van der Waals surface area contributed by atoms with Crippen LogP contribution >= 0.6 is 0 Å². The Labute approximate surface area is 209 Å². The molecule has 3 aliphatic carbocycles. The van der Waals surface area contributed by atoms with Crippen LogP contribution in [0.4, 0.5) is 0 Å². The number of rotatable bonds is 7. The predicted molar refractivity (Wildman–Crippen MR) is 132 cm³/mol. The van der Waals surface area contributed by atoms with Gasteiger partial charge in [-0.05, 0) is 93.8 Å². The fraction of sp³-hybridized carbons (Fsp3) is 0.821. The van der Waals surface area contributed by atoms with E-state index in [1.165, 1.54) is 6.08 Å². The Balaban J connectivity index is 1.86. The summed E-state index contributed by atoms with van der Waals surface area (Å²) in [6, 6.07) is 0. The fourth-order valence-corrected chi connectivity index (χ4v) is 8.79. The van der Waals surface area contributed by atoms with E-state index in [1.54, 1.807) is 0 Å². The van der Waals surface area contributed by atoms with Crippen LogP contribution < -0.4 is 0 Å². The first kappa shape index (κ1) is 27.7. The highest BCUT2D eigenvalue weighted by Gasteiger charge is 2.65. The van der Waals surface area contributed by atoms with E-state index in [9.17, 15) is 19.5 Å². The molecule has 0 heterocycles. The molecule has 3 fully saturated rings. The molecule has 0 saturated heterocycles. The Morgan fingerprint density at radius 2 is 1.51 bits per heavy atom. The Hall–Kier alpha value is -1.89. The molecular weight excluding hydrogens is 448 g/mol. The van der Waals surface area contributed by atoms with Gasteiger partial charge in [-0.25, -0.2) is 4.79 Å². The predicted octanol–water partition coefficient (Wildman–Crippen LogP) is 5.20. The lowest BCUT2D eigenvalue weighted by Gasteiger charge is -2.68. The highest BCUT2D eigenvalue weighted by Crippen LogP contribution is 2.70. The van der Waals surface area contributed by atoms with E-state index >= 15 is 0 Å². The van der Waals surface area contributed by atoms with Gasteiger partial charge in [0.25, 0.3) is 0 Å². The number of aliphatic hydroxyl groups is 1. The van der Waals surface area contributed by atoms with Crippen LogP contribution in [0.5, 0.6) is 0 Å². The van der Waals surface area contributed by atoms with E-state index in [1.807, 2.05) is 13.8 Å². The second-order valence-corrected chi connectivity index (χ2v) is 12.9. The minimum atomic E-state index is -1.17. The number of aliphatic carboxylic acids is 2. The van der Waals surface area contributed by atoms with Crippen LogP contribution in [-0.4, -0.2) is 44.9 Å². The molecule has 3 aliphatic rings. The van der Waals surface area contributed by atoms with E-state index in [0.29, 0.717) is 24.7 Å². The van der Waals surface area contributed by atoms with Gasteiger partial charge in [0.1, 0.15) is 12.5 Å². The van der Waals surface area contributed by atoms with Gasteiger partial charge in [0.05, 0.1) is 5.60 Å². The number of carbonyl (C=O) groups is 3. The molecule has 0 bridgehead atoms. The molecule has 0 spiro atoms. The summed E-state index contributed by atoms with van der Waals surface area (Å²) >= 11 is 0. The van der Waals surface area contributed by atoms with Gasteiger partial charge in [-0.15, -0.1) is 0 Å². The second-order valence-electron chi connectivity index (χ2n) is 12.9. The van der Waals surface area contributed by atoms with E-state index in [2.05, 4.69) is 27.7 Å². The molecule has 0 radical (unpaired) electrons. The summed E-state index contributed by atoms with van der Waals surface area (Å²) in [7, 11) is 0. The summed E-state index contributed by atoms with van der Waals surface area (Å²) < 4.78 is 5.71. The van der Waals surface area contributed by atoms with Crippen LogP contribution in [-0.2, 0) is 19.1 Å². The molecule has 198 valence electrons. The standard InChI is InChI=1S/C28H44O7/c1-17(15-22(29)30)7-8-20-27(5)12-9-18-25(2,3)21(35-24(33)16-23(31)32)11-13-26(18,4)19(27)10-14-28(20,6)34/h15,18-21,34H,7-14,16H2,1-6H3,(H,29,30)(H,31,32)/b17-15-/t18?,19?,20-,21+,26-,27+,28-/m0/s1. The topological polar surface area (TPSA) is 121 Å². The van der Waals surface area contributed by atoms with E-state index < -0.39 is 29.9 Å². The van der Waals surface area contributed by atoms with E-state index in [0.717, 1.165) is 44.1 Å². The number of carboxylic acid groups (broad SMARTS) is 2. The number of hydrogen-bond donors (Lipinski definition) is 3. The molecule has 7 atom stereocenters. The van der Waals surface area contributed by atoms with Crippen molar-refractivity contribution in [1.82, 2.24) is 0 Å². The lowest BCUT2D eigenvalue weighted by Crippen LogP contribution is -2.64. The zero-order valence-corrected chi connectivity index (χ0v) is 22.2. The molecular formula is C28H44O7. The van der Waals surface area contributed by atoms with Gasteiger partial charge in [-0.1, -0.05) is 33.3 Å². The molecule has 7 nitrogen and oxygen atoms in total. The first-order chi connectivity index (χ1) is 16.0. The number of carbonyl (C=O) groups excluding carboxylic acids is 1. The summed E-state index contributed by atoms with van der Waals surface area (Å²) in [6.07, 6.45) is 6.96. The number of allylic oxidation sites excluding steroid dienone is 1. The zero-order valence-electron chi connectivity index (χ0n) is 22.2. The molecule has 0 amide bonds. The number of carboxylic acids is 2. The number of ether oxygens (including phenoxy) is 1. The molecule has 0 aromatic heterocycles. The van der Waals surface area contributed by atoms with Crippen molar-refractivity contribution in [1.29, 1.82) is 0 Å². The molecule has 3 N–H and O–H groups in total. The molecule has 0 aliphatic heterocycles. The van der Waals surface area contributed by atoms with Gasteiger partial charge in [-0.3, -0.25) is 9.59 Å². The first-order valence-corrected chi connectivity index (χ1v) is 13.1. The molecule has 2 unspecified atom stereocenters.